The molecule has 0 fully saturated rings. The molecule has 0 aromatic heterocycles. The molecule has 114 valence electrons. The van der Waals surface area contributed by atoms with Crippen LogP contribution in [0.5, 0.6) is 0 Å². The molecular weight excluding hydrogens is 307 g/mol. The van der Waals surface area contributed by atoms with E-state index in [1.165, 1.54) is 18.7 Å². The van der Waals surface area contributed by atoms with E-state index >= 15 is 0 Å². The molecule has 10 heteroatoms. The Morgan fingerprint density at radius 1 is 0.950 bits per heavy atom. The molecule has 1 aromatic rings. The summed E-state index contributed by atoms with van der Waals surface area (Å²) in [4.78, 5) is 0. The number of anilines is 1. The Kier molecular flexibility index (Phi) is 4.92. The fourth-order valence-electron chi connectivity index (χ4n) is 1.33. The molecule has 20 heavy (non-hydrogen) atoms. The first kappa shape index (κ1) is 16.6. The zero-order chi connectivity index (χ0) is 15.7. The summed E-state index contributed by atoms with van der Waals surface area (Å²) in [6, 6.07) is 0. The first-order chi connectivity index (χ1) is 9.13. The molecule has 0 radical (unpaired) electrons. The Morgan fingerprint density at radius 3 is 1.75 bits per heavy atom. The van der Waals surface area contributed by atoms with E-state index in [0.717, 1.165) is 0 Å². The van der Waals surface area contributed by atoms with Gasteiger partial charge in [0.2, 0.25) is 15.8 Å². The Morgan fingerprint density at radius 2 is 1.35 bits per heavy atom. The molecule has 1 atom stereocenters. The quantitative estimate of drug-likeness (QED) is 0.494. The van der Waals surface area contributed by atoms with Crippen molar-refractivity contribution >= 4 is 15.7 Å². The topological polar surface area (TPSA) is 58.2 Å². The number of nitrogens with one attached hydrogen (secondary N) is 2. The van der Waals surface area contributed by atoms with Gasteiger partial charge in [0.25, 0.3) is 0 Å². The number of halogens is 5. The standard InChI is InChI=1S/C10H11F5N2O2S/c1-4(3-16-2)20(18,19)17-10-8(14)6(12)5(11)7(13)9(10)15/h4,16-17H,3H2,1-2H3. The smallest absolute Gasteiger partial charge is 0.236 e. The lowest BCUT2D eigenvalue weighted by molar-refractivity contribution is 0.382. The van der Waals surface area contributed by atoms with Crippen molar-refractivity contribution in [2.45, 2.75) is 12.2 Å². The number of sulfonamides is 1. The molecule has 0 aliphatic heterocycles. The lowest BCUT2D eigenvalue weighted by Crippen LogP contribution is -2.34. The minimum absolute atomic E-state index is 0.0786. The number of rotatable bonds is 5. The van der Waals surface area contributed by atoms with Gasteiger partial charge in [-0.1, -0.05) is 0 Å². The summed E-state index contributed by atoms with van der Waals surface area (Å²) in [5.74, 6) is -11.3. The van der Waals surface area contributed by atoms with Crippen LogP contribution < -0.4 is 10.0 Å². The number of hydrogen-bond donors (Lipinski definition) is 2. The van der Waals surface area contributed by atoms with Crippen molar-refractivity contribution in [1.29, 1.82) is 0 Å². The van der Waals surface area contributed by atoms with Gasteiger partial charge in [-0.3, -0.25) is 4.72 Å². The van der Waals surface area contributed by atoms with Crippen LogP contribution in [0.25, 0.3) is 0 Å². The lowest BCUT2D eigenvalue weighted by Gasteiger charge is -2.15. The van der Waals surface area contributed by atoms with Crippen molar-refractivity contribution in [3.05, 3.63) is 29.1 Å². The minimum Gasteiger partial charge on any atom is -0.318 e. The van der Waals surface area contributed by atoms with Crippen LogP contribution in [-0.2, 0) is 10.0 Å². The van der Waals surface area contributed by atoms with E-state index in [9.17, 15) is 30.4 Å². The highest BCUT2D eigenvalue weighted by Crippen LogP contribution is 2.28. The van der Waals surface area contributed by atoms with Gasteiger partial charge < -0.3 is 5.32 Å². The van der Waals surface area contributed by atoms with E-state index in [1.54, 1.807) is 0 Å². The maximum Gasteiger partial charge on any atom is 0.236 e. The maximum absolute atomic E-state index is 13.3. The Balaban J connectivity index is 3.30. The van der Waals surface area contributed by atoms with Gasteiger partial charge in [-0.05, 0) is 14.0 Å². The number of benzene rings is 1. The monoisotopic (exact) mass is 318 g/mol. The molecule has 0 aliphatic carbocycles. The molecule has 1 aromatic carbocycles. The summed E-state index contributed by atoms with van der Waals surface area (Å²) in [6.07, 6.45) is 0. The van der Waals surface area contributed by atoms with Crippen molar-refractivity contribution in [2.75, 3.05) is 18.3 Å². The molecule has 0 amide bonds. The third-order valence-corrected chi connectivity index (χ3v) is 4.19. The van der Waals surface area contributed by atoms with Gasteiger partial charge in [0.1, 0.15) is 5.69 Å². The van der Waals surface area contributed by atoms with Crippen molar-refractivity contribution in [1.82, 2.24) is 5.32 Å². The normalized spacial score (nSPS) is 13.3. The van der Waals surface area contributed by atoms with E-state index in [2.05, 4.69) is 5.32 Å². The molecule has 0 saturated heterocycles. The summed E-state index contributed by atoms with van der Waals surface area (Å²) >= 11 is 0. The van der Waals surface area contributed by atoms with E-state index in [4.69, 9.17) is 0 Å². The Bertz CT molecular complexity index is 592. The zero-order valence-electron chi connectivity index (χ0n) is 10.4. The Labute approximate surface area is 112 Å². The van der Waals surface area contributed by atoms with Crippen molar-refractivity contribution in [3.8, 4) is 0 Å². The van der Waals surface area contributed by atoms with Crippen LogP contribution in [0.4, 0.5) is 27.6 Å². The fourth-order valence-corrected chi connectivity index (χ4v) is 2.39. The predicted octanol–water partition coefficient (Wildman–Crippen LogP) is 1.73. The van der Waals surface area contributed by atoms with Gasteiger partial charge in [-0.25, -0.2) is 30.4 Å². The Hall–Kier alpha value is -1.42. The highest BCUT2D eigenvalue weighted by Gasteiger charge is 2.30. The van der Waals surface area contributed by atoms with Gasteiger partial charge in [-0.15, -0.1) is 0 Å². The molecule has 4 nitrogen and oxygen atoms in total. The summed E-state index contributed by atoms with van der Waals surface area (Å²) in [5.41, 5.74) is -1.59. The molecule has 1 rings (SSSR count). The predicted molar refractivity (Wildman–Crippen MR) is 62.2 cm³/mol. The molecule has 0 bridgehead atoms. The maximum atomic E-state index is 13.3. The van der Waals surface area contributed by atoms with Crippen molar-refractivity contribution in [2.24, 2.45) is 0 Å². The van der Waals surface area contributed by atoms with Crippen LogP contribution in [0, 0.1) is 29.1 Å². The second-order valence-corrected chi connectivity index (χ2v) is 6.06. The van der Waals surface area contributed by atoms with Crippen LogP contribution in [0.15, 0.2) is 0 Å². The van der Waals surface area contributed by atoms with Gasteiger partial charge in [0, 0.05) is 6.54 Å². The minimum atomic E-state index is -4.32. The largest absolute Gasteiger partial charge is 0.318 e. The van der Waals surface area contributed by atoms with E-state index < -0.39 is 50.0 Å². The fraction of sp³-hybridized carbons (Fsp3) is 0.400. The van der Waals surface area contributed by atoms with E-state index in [0.29, 0.717) is 0 Å². The third kappa shape index (κ3) is 3.01. The molecule has 0 heterocycles. The molecule has 2 N–H and O–H groups in total. The molecule has 0 spiro atoms. The van der Waals surface area contributed by atoms with Gasteiger partial charge in [0.15, 0.2) is 23.3 Å². The van der Waals surface area contributed by atoms with Crippen molar-refractivity contribution in [3.63, 3.8) is 0 Å². The lowest BCUT2D eigenvalue weighted by atomic mass is 10.2. The average Bonchev–Trinajstić information content (AvgIpc) is 2.39. The first-order valence-corrected chi connectivity index (χ1v) is 6.85. The van der Waals surface area contributed by atoms with E-state index in [-0.39, 0.29) is 6.54 Å². The second kappa shape index (κ2) is 5.92. The number of hydrogen-bond acceptors (Lipinski definition) is 3. The summed E-state index contributed by atoms with van der Waals surface area (Å²) in [5, 5.41) is 1.36. The third-order valence-electron chi connectivity index (χ3n) is 2.48. The van der Waals surface area contributed by atoms with E-state index in [1.807, 2.05) is 0 Å². The molecule has 0 aliphatic rings. The highest BCUT2D eigenvalue weighted by atomic mass is 32.2. The summed E-state index contributed by atoms with van der Waals surface area (Å²) < 4.78 is 90.0. The van der Waals surface area contributed by atoms with Crippen molar-refractivity contribution < 1.29 is 30.4 Å². The van der Waals surface area contributed by atoms with Gasteiger partial charge >= 0.3 is 0 Å². The zero-order valence-corrected chi connectivity index (χ0v) is 11.2. The summed E-state index contributed by atoms with van der Waals surface area (Å²) in [6.45, 7) is 1.12. The van der Waals surface area contributed by atoms with Gasteiger partial charge in [0.05, 0.1) is 5.25 Å². The highest BCUT2D eigenvalue weighted by molar-refractivity contribution is 7.93. The van der Waals surface area contributed by atoms with Crippen LogP contribution in [0.2, 0.25) is 0 Å². The average molecular weight is 318 g/mol. The molecule has 1 unspecified atom stereocenters. The van der Waals surface area contributed by atoms with Crippen LogP contribution >= 0.6 is 0 Å². The summed E-state index contributed by atoms with van der Waals surface area (Å²) in [7, 11) is -2.88. The second-order valence-electron chi connectivity index (χ2n) is 3.96. The van der Waals surface area contributed by atoms with Crippen LogP contribution in [-0.4, -0.2) is 27.3 Å². The van der Waals surface area contributed by atoms with Crippen LogP contribution in [0.3, 0.4) is 0 Å². The molecular formula is C10H11F5N2O2S. The van der Waals surface area contributed by atoms with Crippen LogP contribution in [0.1, 0.15) is 6.92 Å². The first-order valence-electron chi connectivity index (χ1n) is 5.31. The molecule has 0 saturated carbocycles. The SMILES string of the molecule is CNCC(C)S(=O)(=O)Nc1c(F)c(F)c(F)c(F)c1F. The van der Waals surface area contributed by atoms with Gasteiger partial charge in [-0.2, -0.15) is 0 Å².